The molecular formula is C16H26O2. The van der Waals surface area contributed by atoms with Crippen LogP contribution in [0.2, 0.25) is 0 Å². The van der Waals surface area contributed by atoms with Crippen LogP contribution in [-0.2, 0) is 11.2 Å². The lowest BCUT2D eigenvalue weighted by atomic mass is 10.0. The Bertz CT molecular complexity index is 270. The van der Waals surface area contributed by atoms with E-state index in [9.17, 15) is 0 Å². The molecule has 0 spiro atoms. The van der Waals surface area contributed by atoms with Gasteiger partial charge in [0.25, 0.3) is 6.47 Å². The largest absolute Gasteiger partial charge is 0.483 e. The van der Waals surface area contributed by atoms with Crippen LogP contribution in [0.5, 0.6) is 0 Å². The van der Waals surface area contributed by atoms with Crippen LogP contribution in [0.4, 0.5) is 0 Å². The van der Waals surface area contributed by atoms with Crippen molar-refractivity contribution in [3.63, 3.8) is 0 Å². The summed E-state index contributed by atoms with van der Waals surface area (Å²) in [5.41, 5.74) is 1.49. The number of unbranched alkanes of at least 4 members (excludes halogenated alkanes) is 6. The van der Waals surface area contributed by atoms with Gasteiger partial charge in [-0.1, -0.05) is 75.8 Å². The van der Waals surface area contributed by atoms with Crippen molar-refractivity contribution in [1.82, 2.24) is 0 Å². The Morgan fingerprint density at radius 1 is 0.944 bits per heavy atom. The molecule has 102 valence electrons. The number of carboxylic acid groups (broad SMARTS) is 1. The van der Waals surface area contributed by atoms with Gasteiger partial charge in [-0.2, -0.15) is 0 Å². The first kappa shape index (κ1) is 16.7. The Balaban J connectivity index is 0.000000873. The van der Waals surface area contributed by atoms with Crippen molar-refractivity contribution in [3.05, 3.63) is 35.9 Å². The fraction of sp³-hybridized carbons (Fsp3) is 0.562. The van der Waals surface area contributed by atoms with Crippen LogP contribution in [0.1, 0.15) is 57.4 Å². The molecule has 0 fully saturated rings. The van der Waals surface area contributed by atoms with Gasteiger partial charge in [0.2, 0.25) is 0 Å². The van der Waals surface area contributed by atoms with Crippen molar-refractivity contribution in [2.45, 2.75) is 58.3 Å². The fourth-order valence-corrected chi connectivity index (χ4v) is 1.93. The SMILES string of the molecule is CCCCCCCCCc1ccccc1.O=CO. The molecule has 2 nitrogen and oxygen atoms in total. The maximum absolute atomic E-state index is 8.36. The molecule has 1 aromatic rings. The molecule has 0 atom stereocenters. The summed E-state index contributed by atoms with van der Waals surface area (Å²) in [6.45, 7) is 2.02. The highest BCUT2D eigenvalue weighted by atomic mass is 16.3. The molecule has 1 rings (SSSR count). The molecule has 0 heterocycles. The van der Waals surface area contributed by atoms with Crippen molar-refractivity contribution in [2.24, 2.45) is 0 Å². The van der Waals surface area contributed by atoms with Crippen LogP contribution in [0.25, 0.3) is 0 Å². The molecule has 0 bridgehead atoms. The third-order valence-corrected chi connectivity index (χ3v) is 2.91. The molecule has 1 aromatic carbocycles. The van der Waals surface area contributed by atoms with E-state index in [1.807, 2.05) is 0 Å². The average Bonchev–Trinajstić information content (AvgIpc) is 2.40. The minimum atomic E-state index is -0.250. The maximum atomic E-state index is 8.36. The quantitative estimate of drug-likeness (QED) is 0.537. The molecule has 0 radical (unpaired) electrons. The van der Waals surface area contributed by atoms with E-state index in [2.05, 4.69) is 37.3 Å². The zero-order valence-corrected chi connectivity index (χ0v) is 11.5. The Hall–Kier alpha value is -1.31. The first-order chi connectivity index (χ1) is 8.85. The summed E-state index contributed by atoms with van der Waals surface area (Å²) in [6.07, 6.45) is 11.1. The smallest absolute Gasteiger partial charge is 0.290 e. The molecule has 2 heteroatoms. The van der Waals surface area contributed by atoms with Gasteiger partial charge in [-0.3, -0.25) is 4.79 Å². The van der Waals surface area contributed by atoms with Crippen LogP contribution in [0, 0.1) is 0 Å². The molecule has 0 aliphatic carbocycles. The second-order valence-corrected chi connectivity index (χ2v) is 4.46. The van der Waals surface area contributed by atoms with Gasteiger partial charge >= 0.3 is 0 Å². The van der Waals surface area contributed by atoms with E-state index < -0.39 is 0 Å². The average molecular weight is 250 g/mol. The summed E-state index contributed by atoms with van der Waals surface area (Å²) in [5.74, 6) is 0. The summed E-state index contributed by atoms with van der Waals surface area (Å²) >= 11 is 0. The topological polar surface area (TPSA) is 37.3 Å². The van der Waals surface area contributed by atoms with Gasteiger partial charge in [0.15, 0.2) is 0 Å². The predicted octanol–water partition coefficient (Wildman–Crippen LogP) is 4.68. The van der Waals surface area contributed by atoms with E-state index >= 15 is 0 Å². The van der Waals surface area contributed by atoms with Gasteiger partial charge in [0, 0.05) is 0 Å². The zero-order valence-electron chi connectivity index (χ0n) is 11.5. The minimum Gasteiger partial charge on any atom is -0.483 e. The van der Waals surface area contributed by atoms with Gasteiger partial charge in [-0.25, -0.2) is 0 Å². The predicted molar refractivity (Wildman–Crippen MR) is 76.8 cm³/mol. The zero-order chi connectivity index (χ0) is 13.5. The lowest BCUT2D eigenvalue weighted by Crippen LogP contribution is -1.85. The molecule has 0 unspecified atom stereocenters. The normalized spacial score (nSPS) is 9.39. The van der Waals surface area contributed by atoms with Crippen LogP contribution < -0.4 is 0 Å². The Morgan fingerprint density at radius 3 is 2.00 bits per heavy atom. The summed E-state index contributed by atoms with van der Waals surface area (Å²) in [4.78, 5) is 8.36. The van der Waals surface area contributed by atoms with E-state index in [1.54, 1.807) is 0 Å². The third kappa shape index (κ3) is 11.2. The molecule has 18 heavy (non-hydrogen) atoms. The Labute approximate surface area is 111 Å². The molecule has 0 aliphatic rings. The van der Waals surface area contributed by atoms with E-state index in [0.717, 1.165) is 0 Å². The van der Waals surface area contributed by atoms with Gasteiger partial charge in [0.05, 0.1) is 0 Å². The monoisotopic (exact) mass is 250 g/mol. The summed E-state index contributed by atoms with van der Waals surface area (Å²) in [5, 5.41) is 6.89. The number of aryl methyl sites for hydroxylation is 1. The number of rotatable bonds is 8. The lowest BCUT2D eigenvalue weighted by molar-refractivity contribution is -0.122. The third-order valence-electron chi connectivity index (χ3n) is 2.91. The van der Waals surface area contributed by atoms with Gasteiger partial charge in [-0.05, 0) is 18.4 Å². The standard InChI is InChI=1S/C15H24.CH2O2/c1-2-3-4-5-6-7-9-12-15-13-10-8-11-14-15;2-1-3/h8,10-11,13-14H,2-7,9,12H2,1H3;1H,(H,2,3). The van der Waals surface area contributed by atoms with E-state index in [-0.39, 0.29) is 6.47 Å². The van der Waals surface area contributed by atoms with Crippen LogP contribution >= 0.6 is 0 Å². The van der Waals surface area contributed by atoms with E-state index in [4.69, 9.17) is 9.90 Å². The number of benzene rings is 1. The molecule has 0 saturated heterocycles. The van der Waals surface area contributed by atoms with Gasteiger partial charge in [0.1, 0.15) is 0 Å². The summed E-state index contributed by atoms with van der Waals surface area (Å²) in [7, 11) is 0. The van der Waals surface area contributed by atoms with Crippen LogP contribution in [-0.4, -0.2) is 11.6 Å². The molecular weight excluding hydrogens is 224 g/mol. The molecule has 0 saturated carbocycles. The van der Waals surface area contributed by atoms with Gasteiger partial charge < -0.3 is 5.11 Å². The number of carbonyl (C=O) groups is 1. The maximum Gasteiger partial charge on any atom is 0.290 e. The summed E-state index contributed by atoms with van der Waals surface area (Å²) < 4.78 is 0. The molecule has 1 N–H and O–H groups in total. The molecule has 0 aromatic heterocycles. The first-order valence-corrected chi connectivity index (χ1v) is 6.97. The van der Waals surface area contributed by atoms with E-state index in [1.165, 1.54) is 56.9 Å². The van der Waals surface area contributed by atoms with Crippen LogP contribution in [0.15, 0.2) is 30.3 Å². The van der Waals surface area contributed by atoms with Crippen molar-refractivity contribution < 1.29 is 9.90 Å². The van der Waals surface area contributed by atoms with Crippen molar-refractivity contribution >= 4 is 6.47 Å². The molecule has 0 aliphatic heterocycles. The second-order valence-electron chi connectivity index (χ2n) is 4.46. The van der Waals surface area contributed by atoms with E-state index in [0.29, 0.717) is 0 Å². The highest BCUT2D eigenvalue weighted by molar-refractivity contribution is 5.32. The van der Waals surface area contributed by atoms with Gasteiger partial charge in [-0.15, -0.1) is 0 Å². The molecule has 0 amide bonds. The summed E-state index contributed by atoms with van der Waals surface area (Å²) in [6, 6.07) is 10.8. The second kappa shape index (κ2) is 13.8. The fourth-order valence-electron chi connectivity index (χ4n) is 1.93. The first-order valence-electron chi connectivity index (χ1n) is 6.97. The lowest BCUT2D eigenvalue weighted by Gasteiger charge is -2.01. The minimum absolute atomic E-state index is 0.250. The Kier molecular flexibility index (Phi) is 12.8. The Morgan fingerprint density at radius 2 is 1.44 bits per heavy atom. The van der Waals surface area contributed by atoms with Crippen molar-refractivity contribution in [1.29, 1.82) is 0 Å². The van der Waals surface area contributed by atoms with Crippen LogP contribution in [0.3, 0.4) is 0 Å². The number of hydrogen-bond donors (Lipinski definition) is 1. The highest BCUT2D eigenvalue weighted by Crippen LogP contribution is 2.10. The van der Waals surface area contributed by atoms with Crippen molar-refractivity contribution in [2.75, 3.05) is 0 Å². The highest BCUT2D eigenvalue weighted by Gasteiger charge is 1.92. The van der Waals surface area contributed by atoms with Crippen molar-refractivity contribution in [3.8, 4) is 0 Å². The number of hydrogen-bond acceptors (Lipinski definition) is 1.